The Morgan fingerprint density at radius 2 is 2.08 bits per heavy atom. The Balaban J connectivity index is 2.71. The molecule has 13 heavy (non-hydrogen) atoms. The average Bonchev–Trinajstić information content (AvgIpc) is 2.29. The smallest absolute Gasteiger partial charge is 0.209 e. The van der Waals surface area contributed by atoms with E-state index in [1.54, 1.807) is 18.5 Å². The molecule has 1 heterocycles. The summed E-state index contributed by atoms with van der Waals surface area (Å²) in [5.41, 5.74) is 0. The van der Waals surface area contributed by atoms with Crippen LogP contribution in [0.5, 0.6) is 0 Å². The van der Waals surface area contributed by atoms with E-state index in [0.717, 1.165) is 12.1 Å². The molecule has 0 spiro atoms. The van der Waals surface area contributed by atoms with E-state index in [4.69, 9.17) is 0 Å². The van der Waals surface area contributed by atoms with Crippen molar-refractivity contribution >= 4 is 10.0 Å². The molecule has 1 N–H and O–H groups in total. The van der Waals surface area contributed by atoms with Gasteiger partial charge >= 0.3 is 0 Å². The molecule has 0 bridgehead atoms. The second-order valence-corrected chi connectivity index (χ2v) is 4.65. The van der Waals surface area contributed by atoms with Crippen LogP contribution in [-0.4, -0.2) is 29.4 Å². The van der Waals surface area contributed by atoms with E-state index in [9.17, 15) is 8.42 Å². The zero-order chi connectivity index (χ0) is 10.1. The molecule has 6 nitrogen and oxygen atoms in total. The number of nitrogens with one attached hydrogen (secondary N) is 1. The Morgan fingerprint density at radius 3 is 2.46 bits per heavy atom. The lowest BCUT2D eigenvalue weighted by Crippen LogP contribution is -2.23. The van der Waals surface area contributed by atoms with E-state index >= 15 is 0 Å². The molecule has 0 fully saturated rings. The molecule has 0 aliphatic heterocycles. The van der Waals surface area contributed by atoms with Gasteiger partial charge in [-0.05, 0) is 6.92 Å². The van der Waals surface area contributed by atoms with Crippen molar-refractivity contribution in [3.05, 3.63) is 11.6 Å². The fourth-order valence-electron chi connectivity index (χ4n) is 0.801. The van der Waals surface area contributed by atoms with Crippen LogP contribution < -0.4 is 4.72 Å². The standard InChI is InChI=1S/C6H12N4O2S/c1-5-8-9-6(10(5)2)4-7-13(3,11)12/h7H,4H2,1-3H3. The summed E-state index contributed by atoms with van der Waals surface area (Å²) in [7, 11) is -1.37. The number of aromatic nitrogens is 3. The van der Waals surface area contributed by atoms with Crippen molar-refractivity contribution in [1.82, 2.24) is 19.5 Å². The fraction of sp³-hybridized carbons (Fsp3) is 0.667. The predicted molar refractivity (Wildman–Crippen MR) is 47.4 cm³/mol. The molecule has 0 aliphatic rings. The lowest BCUT2D eigenvalue weighted by molar-refractivity contribution is 0.583. The summed E-state index contributed by atoms with van der Waals surface area (Å²) in [6, 6.07) is 0. The molecule has 0 aliphatic carbocycles. The van der Waals surface area contributed by atoms with E-state index in [2.05, 4.69) is 14.9 Å². The molecule has 0 unspecified atom stereocenters. The lowest BCUT2D eigenvalue weighted by atomic mass is 10.6. The summed E-state index contributed by atoms with van der Waals surface area (Å²) >= 11 is 0. The van der Waals surface area contributed by atoms with Gasteiger partial charge in [-0.3, -0.25) is 0 Å². The summed E-state index contributed by atoms with van der Waals surface area (Å²) in [5.74, 6) is 1.35. The number of aryl methyl sites for hydroxylation is 1. The highest BCUT2D eigenvalue weighted by molar-refractivity contribution is 7.88. The number of sulfonamides is 1. The Labute approximate surface area is 77.0 Å². The zero-order valence-electron chi connectivity index (χ0n) is 7.77. The van der Waals surface area contributed by atoms with Crippen LogP contribution in [0.2, 0.25) is 0 Å². The molecule has 0 aromatic carbocycles. The van der Waals surface area contributed by atoms with Gasteiger partial charge in [0.15, 0.2) is 0 Å². The predicted octanol–water partition coefficient (Wildman–Crippen LogP) is -0.827. The van der Waals surface area contributed by atoms with Crippen molar-refractivity contribution in [2.45, 2.75) is 13.5 Å². The highest BCUT2D eigenvalue weighted by Crippen LogP contribution is 1.96. The minimum atomic E-state index is -3.16. The Hall–Kier alpha value is -0.950. The number of nitrogens with zero attached hydrogens (tertiary/aromatic N) is 3. The first-order chi connectivity index (χ1) is 5.90. The Bertz CT molecular complexity index is 395. The number of hydrogen-bond acceptors (Lipinski definition) is 4. The van der Waals surface area contributed by atoms with Gasteiger partial charge < -0.3 is 4.57 Å². The van der Waals surface area contributed by atoms with Crippen LogP contribution in [0.4, 0.5) is 0 Å². The van der Waals surface area contributed by atoms with Crippen molar-refractivity contribution in [1.29, 1.82) is 0 Å². The maximum absolute atomic E-state index is 10.8. The van der Waals surface area contributed by atoms with Crippen LogP contribution in [0.25, 0.3) is 0 Å². The third kappa shape index (κ3) is 2.78. The van der Waals surface area contributed by atoms with Crippen LogP contribution >= 0.6 is 0 Å². The van der Waals surface area contributed by atoms with Crippen molar-refractivity contribution in [2.75, 3.05) is 6.26 Å². The van der Waals surface area contributed by atoms with E-state index in [0.29, 0.717) is 5.82 Å². The maximum atomic E-state index is 10.8. The molecule has 0 radical (unpaired) electrons. The van der Waals surface area contributed by atoms with E-state index in [1.165, 1.54) is 0 Å². The minimum absolute atomic E-state index is 0.177. The molecule has 74 valence electrons. The lowest BCUT2D eigenvalue weighted by Gasteiger charge is -2.01. The Kier molecular flexibility index (Phi) is 2.67. The molecule has 7 heteroatoms. The number of hydrogen-bond donors (Lipinski definition) is 1. The second kappa shape index (κ2) is 3.43. The summed E-state index contributed by atoms with van der Waals surface area (Å²) in [4.78, 5) is 0. The van der Waals surface area contributed by atoms with Gasteiger partial charge in [0.25, 0.3) is 0 Å². The van der Waals surface area contributed by atoms with Crippen molar-refractivity contribution < 1.29 is 8.42 Å². The van der Waals surface area contributed by atoms with Crippen molar-refractivity contribution in [2.24, 2.45) is 7.05 Å². The van der Waals surface area contributed by atoms with Crippen LogP contribution in [0.1, 0.15) is 11.6 Å². The highest BCUT2D eigenvalue weighted by Gasteiger charge is 2.07. The number of rotatable bonds is 3. The molecule has 1 aromatic heterocycles. The summed E-state index contributed by atoms with van der Waals surface area (Å²) in [6.45, 7) is 1.98. The first kappa shape index (κ1) is 10.1. The summed E-state index contributed by atoms with van der Waals surface area (Å²) in [6.07, 6.45) is 1.11. The molecular weight excluding hydrogens is 192 g/mol. The quantitative estimate of drug-likeness (QED) is 0.697. The van der Waals surface area contributed by atoms with Crippen LogP contribution in [0.15, 0.2) is 0 Å². The highest BCUT2D eigenvalue weighted by atomic mass is 32.2. The molecule has 1 rings (SSSR count). The summed E-state index contributed by atoms with van der Waals surface area (Å²) in [5, 5.41) is 7.60. The molecule has 0 amide bonds. The SMILES string of the molecule is Cc1nnc(CNS(C)(=O)=O)n1C. The normalized spacial score (nSPS) is 11.9. The van der Waals surface area contributed by atoms with Gasteiger partial charge in [-0.1, -0.05) is 0 Å². The summed E-state index contributed by atoms with van der Waals surface area (Å²) < 4.78 is 25.6. The fourth-order valence-corrected chi connectivity index (χ4v) is 1.19. The van der Waals surface area contributed by atoms with Crippen molar-refractivity contribution in [3.8, 4) is 0 Å². The third-order valence-corrected chi connectivity index (χ3v) is 2.34. The maximum Gasteiger partial charge on any atom is 0.209 e. The van der Waals surface area contributed by atoms with Crippen LogP contribution in [0.3, 0.4) is 0 Å². The monoisotopic (exact) mass is 204 g/mol. The van der Waals surface area contributed by atoms with E-state index in [-0.39, 0.29) is 6.54 Å². The van der Waals surface area contributed by atoms with Gasteiger partial charge in [0.2, 0.25) is 10.0 Å². The average molecular weight is 204 g/mol. The van der Waals surface area contributed by atoms with Crippen molar-refractivity contribution in [3.63, 3.8) is 0 Å². The van der Waals surface area contributed by atoms with Gasteiger partial charge in [0.05, 0.1) is 12.8 Å². The molecule has 0 saturated heterocycles. The largest absolute Gasteiger partial charge is 0.317 e. The van der Waals surface area contributed by atoms with Gasteiger partial charge in [-0.15, -0.1) is 10.2 Å². The molecular formula is C6H12N4O2S. The Morgan fingerprint density at radius 1 is 1.46 bits per heavy atom. The van der Waals surface area contributed by atoms with Gasteiger partial charge in [-0.25, -0.2) is 13.1 Å². The zero-order valence-corrected chi connectivity index (χ0v) is 8.59. The van der Waals surface area contributed by atoms with Gasteiger partial charge in [-0.2, -0.15) is 0 Å². The second-order valence-electron chi connectivity index (χ2n) is 2.82. The van der Waals surface area contributed by atoms with Crippen LogP contribution in [0, 0.1) is 6.92 Å². The van der Waals surface area contributed by atoms with E-state index in [1.807, 2.05) is 0 Å². The molecule has 0 atom stereocenters. The topological polar surface area (TPSA) is 76.9 Å². The minimum Gasteiger partial charge on any atom is -0.317 e. The first-order valence-corrected chi connectivity index (χ1v) is 5.59. The van der Waals surface area contributed by atoms with Crippen LogP contribution in [-0.2, 0) is 23.6 Å². The van der Waals surface area contributed by atoms with E-state index < -0.39 is 10.0 Å². The third-order valence-electron chi connectivity index (χ3n) is 1.68. The molecule has 0 saturated carbocycles. The molecule has 1 aromatic rings. The van der Waals surface area contributed by atoms with Gasteiger partial charge in [0, 0.05) is 7.05 Å². The van der Waals surface area contributed by atoms with Gasteiger partial charge in [0.1, 0.15) is 11.6 Å². The first-order valence-electron chi connectivity index (χ1n) is 3.69.